The Labute approximate surface area is 121 Å². The van der Waals surface area contributed by atoms with Gasteiger partial charge in [0.25, 0.3) is 0 Å². The molecule has 0 radical (unpaired) electrons. The van der Waals surface area contributed by atoms with E-state index >= 15 is 0 Å². The zero-order valence-electron chi connectivity index (χ0n) is 10.4. The smallest absolute Gasteiger partial charge is 0.166 e. The van der Waals surface area contributed by atoms with Crippen molar-refractivity contribution >= 4 is 33.3 Å². The van der Waals surface area contributed by atoms with Crippen molar-refractivity contribution in [3.63, 3.8) is 0 Å². The largest absolute Gasteiger partial charge is 0.493 e. The molecule has 0 aliphatic carbocycles. The predicted octanol–water partition coefficient (Wildman–Crippen LogP) is 2.76. The predicted molar refractivity (Wildman–Crippen MR) is 81.1 cm³/mol. The minimum Gasteiger partial charge on any atom is -0.493 e. The van der Waals surface area contributed by atoms with Gasteiger partial charge in [0.1, 0.15) is 5.75 Å². The second kappa shape index (κ2) is 6.38. The number of nitrogens with one attached hydrogen (secondary N) is 2. The van der Waals surface area contributed by atoms with Crippen LogP contribution in [0.4, 0.5) is 0 Å². The summed E-state index contributed by atoms with van der Waals surface area (Å²) < 4.78 is 6.77. The third kappa shape index (κ3) is 3.36. The fourth-order valence-electron chi connectivity index (χ4n) is 1.95. The molecule has 2 rings (SSSR count). The number of hydrogen-bond acceptors (Lipinski definition) is 2. The van der Waals surface area contributed by atoms with Gasteiger partial charge in [0, 0.05) is 29.5 Å². The first-order chi connectivity index (χ1) is 8.70. The Morgan fingerprint density at radius 1 is 1.44 bits per heavy atom. The maximum absolute atomic E-state index is 5.67. The van der Waals surface area contributed by atoms with Crippen LogP contribution in [0.25, 0.3) is 0 Å². The summed E-state index contributed by atoms with van der Waals surface area (Å²) >= 11 is 8.74. The van der Waals surface area contributed by atoms with Gasteiger partial charge >= 0.3 is 0 Å². The first-order valence-electron chi connectivity index (χ1n) is 6.16. The third-order valence-electron chi connectivity index (χ3n) is 2.80. The zero-order valence-corrected chi connectivity index (χ0v) is 12.8. The summed E-state index contributed by atoms with van der Waals surface area (Å²) in [7, 11) is 0. The van der Waals surface area contributed by atoms with Crippen LogP contribution >= 0.6 is 28.1 Å². The van der Waals surface area contributed by atoms with Gasteiger partial charge in [-0.1, -0.05) is 22.9 Å². The van der Waals surface area contributed by atoms with Gasteiger partial charge < -0.3 is 15.4 Å². The molecule has 0 saturated carbocycles. The Balaban J connectivity index is 1.99. The van der Waals surface area contributed by atoms with E-state index in [9.17, 15) is 0 Å². The summed E-state index contributed by atoms with van der Waals surface area (Å²) in [5.41, 5.74) is 2.42. The highest BCUT2D eigenvalue weighted by molar-refractivity contribution is 9.10. The van der Waals surface area contributed by atoms with Crippen LogP contribution in [0.3, 0.4) is 0 Å². The van der Waals surface area contributed by atoms with E-state index in [1.165, 1.54) is 5.56 Å². The van der Waals surface area contributed by atoms with Gasteiger partial charge in [-0.3, -0.25) is 0 Å². The van der Waals surface area contributed by atoms with Crippen molar-refractivity contribution in [2.75, 3.05) is 13.2 Å². The van der Waals surface area contributed by atoms with Crippen molar-refractivity contribution in [2.24, 2.45) is 0 Å². The highest BCUT2D eigenvalue weighted by atomic mass is 79.9. The number of hydrogen-bond donors (Lipinski definition) is 2. The van der Waals surface area contributed by atoms with Gasteiger partial charge in [0.05, 0.1) is 6.61 Å². The van der Waals surface area contributed by atoms with E-state index in [0.29, 0.717) is 11.7 Å². The molecule has 0 fully saturated rings. The van der Waals surface area contributed by atoms with E-state index in [2.05, 4.69) is 45.6 Å². The molecule has 0 saturated heterocycles. The minimum atomic E-state index is 0.692. The number of ether oxygens (including phenoxy) is 1. The van der Waals surface area contributed by atoms with Gasteiger partial charge in [-0.25, -0.2) is 0 Å². The molecule has 0 atom stereocenters. The normalized spacial score (nSPS) is 12.8. The molecule has 2 N–H and O–H groups in total. The van der Waals surface area contributed by atoms with E-state index in [1.807, 2.05) is 0 Å². The first-order valence-corrected chi connectivity index (χ1v) is 7.36. The molecule has 1 aromatic carbocycles. The average molecular weight is 329 g/mol. The fraction of sp³-hybridized carbons (Fsp3) is 0.462. The first kappa shape index (κ1) is 13.6. The van der Waals surface area contributed by atoms with Gasteiger partial charge in [-0.15, -0.1) is 0 Å². The zero-order chi connectivity index (χ0) is 13.0. The second-order valence-corrected chi connectivity index (χ2v) is 5.59. The van der Waals surface area contributed by atoms with Crippen molar-refractivity contribution in [2.45, 2.75) is 26.3 Å². The molecular weight excluding hydrogens is 312 g/mol. The summed E-state index contributed by atoms with van der Waals surface area (Å²) in [6.07, 6.45) is 2.05. The van der Waals surface area contributed by atoms with Crippen LogP contribution < -0.4 is 15.4 Å². The molecule has 3 nitrogen and oxygen atoms in total. The summed E-state index contributed by atoms with van der Waals surface area (Å²) in [5.74, 6) is 1.02. The molecular formula is C13H17BrN2OS. The van der Waals surface area contributed by atoms with Crippen LogP contribution in [-0.2, 0) is 13.0 Å². The van der Waals surface area contributed by atoms with Gasteiger partial charge in [-0.05, 0) is 36.3 Å². The van der Waals surface area contributed by atoms with Gasteiger partial charge in [-0.2, -0.15) is 0 Å². The molecule has 0 spiro atoms. The molecule has 0 aromatic heterocycles. The van der Waals surface area contributed by atoms with Crippen LogP contribution in [0.1, 0.15) is 24.5 Å². The van der Waals surface area contributed by atoms with Crippen LogP contribution in [0.2, 0.25) is 0 Å². The van der Waals surface area contributed by atoms with E-state index in [1.54, 1.807) is 0 Å². The number of rotatable bonds is 4. The van der Waals surface area contributed by atoms with Crippen LogP contribution in [0, 0.1) is 0 Å². The van der Waals surface area contributed by atoms with Crippen molar-refractivity contribution in [1.29, 1.82) is 0 Å². The molecule has 1 aromatic rings. The van der Waals surface area contributed by atoms with Crippen molar-refractivity contribution in [3.05, 3.63) is 27.7 Å². The van der Waals surface area contributed by atoms with E-state index < -0.39 is 0 Å². The summed E-state index contributed by atoms with van der Waals surface area (Å²) in [6.45, 7) is 4.48. The summed E-state index contributed by atoms with van der Waals surface area (Å²) in [5, 5.41) is 7.06. The molecule has 5 heteroatoms. The number of fused-ring (bicyclic) bond motifs is 1. The highest BCUT2D eigenvalue weighted by Crippen LogP contribution is 2.32. The Kier molecular flexibility index (Phi) is 4.83. The maximum atomic E-state index is 5.67. The van der Waals surface area contributed by atoms with Crippen LogP contribution in [0.15, 0.2) is 16.6 Å². The minimum absolute atomic E-state index is 0.692. The lowest BCUT2D eigenvalue weighted by atomic mass is 10.1. The highest BCUT2D eigenvalue weighted by Gasteiger charge is 2.17. The Morgan fingerprint density at radius 2 is 2.28 bits per heavy atom. The molecule has 1 heterocycles. The molecule has 1 aliphatic rings. The molecule has 18 heavy (non-hydrogen) atoms. The molecule has 0 unspecified atom stereocenters. The molecule has 98 valence electrons. The third-order valence-corrected chi connectivity index (χ3v) is 3.55. The molecule has 0 amide bonds. The average Bonchev–Trinajstić information content (AvgIpc) is 2.81. The SMILES string of the molecule is CCCNC(=S)NCc1cc(Br)cc2c1OCC2. The van der Waals surface area contributed by atoms with E-state index in [0.717, 1.165) is 41.8 Å². The second-order valence-electron chi connectivity index (χ2n) is 4.26. The monoisotopic (exact) mass is 328 g/mol. The van der Waals surface area contributed by atoms with Crippen molar-refractivity contribution in [3.8, 4) is 5.75 Å². The Morgan fingerprint density at radius 3 is 3.06 bits per heavy atom. The molecule has 0 bridgehead atoms. The lowest BCUT2D eigenvalue weighted by molar-refractivity contribution is 0.353. The summed E-state index contributed by atoms with van der Waals surface area (Å²) in [4.78, 5) is 0. The Hall–Kier alpha value is -0.810. The van der Waals surface area contributed by atoms with Crippen molar-refractivity contribution in [1.82, 2.24) is 10.6 Å². The standard InChI is InChI=1S/C13H17BrN2OS/c1-2-4-15-13(18)16-8-10-7-11(14)6-9-3-5-17-12(9)10/h6-7H,2-5,8H2,1H3,(H2,15,16,18). The quantitative estimate of drug-likeness (QED) is 0.833. The number of benzene rings is 1. The van der Waals surface area contributed by atoms with Crippen molar-refractivity contribution < 1.29 is 4.74 Å². The summed E-state index contributed by atoms with van der Waals surface area (Å²) in [6, 6.07) is 4.21. The van der Waals surface area contributed by atoms with Gasteiger partial charge in [0.2, 0.25) is 0 Å². The molecule has 1 aliphatic heterocycles. The van der Waals surface area contributed by atoms with E-state index in [4.69, 9.17) is 17.0 Å². The maximum Gasteiger partial charge on any atom is 0.166 e. The van der Waals surface area contributed by atoms with Gasteiger partial charge in [0.15, 0.2) is 5.11 Å². The lowest BCUT2D eigenvalue weighted by Gasteiger charge is -2.12. The number of halogens is 1. The lowest BCUT2D eigenvalue weighted by Crippen LogP contribution is -2.35. The van der Waals surface area contributed by atoms with Crippen LogP contribution in [0.5, 0.6) is 5.75 Å². The Bertz CT molecular complexity index is 451. The van der Waals surface area contributed by atoms with Crippen LogP contribution in [-0.4, -0.2) is 18.3 Å². The topological polar surface area (TPSA) is 33.3 Å². The van der Waals surface area contributed by atoms with E-state index in [-0.39, 0.29) is 0 Å². The number of thiocarbonyl (C=S) groups is 1. The fourth-order valence-corrected chi connectivity index (χ4v) is 2.68.